The zero-order valence-corrected chi connectivity index (χ0v) is 9.72. The van der Waals surface area contributed by atoms with E-state index in [1.807, 2.05) is 0 Å². The molecule has 2 heterocycles. The van der Waals surface area contributed by atoms with E-state index in [0.29, 0.717) is 10.2 Å². The molecule has 1 aliphatic rings. The van der Waals surface area contributed by atoms with Crippen LogP contribution in [-0.4, -0.2) is 32.7 Å². The van der Waals surface area contributed by atoms with Gasteiger partial charge in [-0.15, -0.1) is 10.2 Å². The summed E-state index contributed by atoms with van der Waals surface area (Å²) in [5.74, 6) is 0. The molecule has 82 valence electrons. The van der Waals surface area contributed by atoms with Gasteiger partial charge in [0, 0.05) is 5.25 Å². The van der Waals surface area contributed by atoms with Crippen molar-refractivity contribution in [1.29, 1.82) is 0 Å². The summed E-state index contributed by atoms with van der Waals surface area (Å²) >= 11 is 5.62. The normalized spacial score (nSPS) is 20.1. The molecule has 0 spiro atoms. The maximum atomic E-state index is 12.0. The summed E-state index contributed by atoms with van der Waals surface area (Å²) in [6.07, 6.45) is 1.85. The second-order valence-electron chi connectivity index (χ2n) is 3.44. The number of nitrogens with one attached hydrogen (secondary N) is 1. The van der Waals surface area contributed by atoms with E-state index in [4.69, 9.17) is 11.6 Å². The molecule has 0 saturated carbocycles. The van der Waals surface area contributed by atoms with Gasteiger partial charge in [-0.05, 0) is 38.1 Å². The molecule has 0 amide bonds. The number of rotatable bonds is 2. The predicted molar refractivity (Wildman–Crippen MR) is 59.3 cm³/mol. The Morgan fingerprint density at radius 2 is 2.07 bits per heavy atom. The molecule has 6 heteroatoms. The van der Waals surface area contributed by atoms with Crippen LogP contribution in [0.4, 0.5) is 0 Å². The lowest BCUT2D eigenvalue weighted by molar-refractivity contribution is 0.518. The molecule has 15 heavy (non-hydrogen) atoms. The van der Waals surface area contributed by atoms with Crippen LogP contribution in [0.5, 0.6) is 0 Å². The highest BCUT2D eigenvalue weighted by molar-refractivity contribution is 7.85. The third-order valence-electron chi connectivity index (χ3n) is 2.40. The van der Waals surface area contributed by atoms with Crippen molar-refractivity contribution in [2.45, 2.75) is 23.1 Å². The second kappa shape index (κ2) is 5.01. The predicted octanol–water partition coefficient (Wildman–Crippen LogP) is 0.990. The highest BCUT2D eigenvalue weighted by Crippen LogP contribution is 2.16. The van der Waals surface area contributed by atoms with Crippen molar-refractivity contribution in [1.82, 2.24) is 15.5 Å². The van der Waals surface area contributed by atoms with Gasteiger partial charge in [0.25, 0.3) is 0 Å². The summed E-state index contributed by atoms with van der Waals surface area (Å²) in [4.78, 5) is 0. The molecule has 4 nitrogen and oxygen atoms in total. The lowest BCUT2D eigenvalue weighted by Gasteiger charge is -2.21. The van der Waals surface area contributed by atoms with Crippen molar-refractivity contribution < 1.29 is 4.21 Å². The Kier molecular flexibility index (Phi) is 3.66. The molecule has 1 unspecified atom stereocenters. The van der Waals surface area contributed by atoms with Gasteiger partial charge in [-0.3, -0.25) is 4.21 Å². The molecule has 1 saturated heterocycles. The molecule has 2 rings (SSSR count). The molecular weight excluding hydrogens is 234 g/mol. The Balaban J connectivity index is 2.09. The van der Waals surface area contributed by atoms with E-state index in [9.17, 15) is 4.21 Å². The quantitative estimate of drug-likeness (QED) is 0.844. The zero-order valence-electron chi connectivity index (χ0n) is 8.15. The highest BCUT2D eigenvalue weighted by atomic mass is 35.5. The smallest absolute Gasteiger partial charge is 0.151 e. The molecule has 0 aromatic carbocycles. The van der Waals surface area contributed by atoms with E-state index in [1.54, 1.807) is 12.1 Å². The van der Waals surface area contributed by atoms with Crippen molar-refractivity contribution in [3.63, 3.8) is 0 Å². The summed E-state index contributed by atoms with van der Waals surface area (Å²) in [6, 6.07) is 3.32. The Bertz CT molecular complexity index is 351. The van der Waals surface area contributed by atoms with Crippen LogP contribution in [0.1, 0.15) is 12.8 Å². The average Bonchev–Trinajstić information content (AvgIpc) is 2.30. The van der Waals surface area contributed by atoms with Crippen LogP contribution in [0.25, 0.3) is 0 Å². The Labute approximate surface area is 95.9 Å². The molecule has 1 aromatic rings. The lowest BCUT2D eigenvalue weighted by Crippen LogP contribution is -2.33. The molecule has 1 aromatic heterocycles. The van der Waals surface area contributed by atoms with Crippen molar-refractivity contribution in [3.05, 3.63) is 17.3 Å². The lowest BCUT2D eigenvalue weighted by atomic mass is 10.2. The van der Waals surface area contributed by atoms with Gasteiger partial charge in [-0.25, -0.2) is 0 Å². The zero-order chi connectivity index (χ0) is 10.7. The van der Waals surface area contributed by atoms with Crippen LogP contribution >= 0.6 is 11.6 Å². The number of halogens is 1. The third kappa shape index (κ3) is 2.74. The SMILES string of the molecule is O=S(c1ccc(Cl)nn1)C1CCNCC1. The van der Waals surface area contributed by atoms with Crippen LogP contribution in [-0.2, 0) is 10.8 Å². The largest absolute Gasteiger partial charge is 0.317 e. The summed E-state index contributed by atoms with van der Waals surface area (Å²) in [5.41, 5.74) is 0. The van der Waals surface area contributed by atoms with Crippen LogP contribution in [0, 0.1) is 0 Å². The molecule has 0 radical (unpaired) electrons. The van der Waals surface area contributed by atoms with Crippen LogP contribution in [0.2, 0.25) is 5.15 Å². The Morgan fingerprint density at radius 3 is 2.67 bits per heavy atom. The van der Waals surface area contributed by atoms with Gasteiger partial charge in [0.2, 0.25) is 0 Å². The fraction of sp³-hybridized carbons (Fsp3) is 0.556. The number of aromatic nitrogens is 2. The summed E-state index contributed by atoms with van der Waals surface area (Å²) < 4.78 is 12.0. The first kappa shape index (κ1) is 11.0. The van der Waals surface area contributed by atoms with Gasteiger partial charge in [0.1, 0.15) is 5.03 Å². The van der Waals surface area contributed by atoms with Crippen LogP contribution < -0.4 is 5.32 Å². The van der Waals surface area contributed by atoms with Crippen molar-refractivity contribution in [2.75, 3.05) is 13.1 Å². The number of hydrogen-bond donors (Lipinski definition) is 1. The minimum Gasteiger partial charge on any atom is -0.317 e. The van der Waals surface area contributed by atoms with Crippen LogP contribution in [0.3, 0.4) is 0 Å². The molecular formula is C9H12ClN3OS. The summed E-state index contributed by atoms with van der Waals surface area (Å²) in [7, 11) is -1.05. The number of piperidine rings is 1. The number of hydrogen-bond acceptors (Lipinski definition) is 4. The first-order chi connectivity index (χ1) is 7.27. The highest BCUT2D eigenvalue weighted by Gasteiger charge is 2.21. The fourth-order valence-corrected chi connectivity index (χ4v) is 3.02. The first-order valence-corrected chi connectivity index (χ1v) is 6.47. The van der Waals surface area contributed by atoms with Gasteiger partial charge < -0.3 is 5.32 Å². The maximum Gasteiger partial charge on any atom is 0.151 e. The monoisotopic (exact) mass is 245 g/mol. The fourth-order valence-electron chi connectivity index (χ4n) is 1.59. The summed E-state index contributed by atoms with van der Waals surface area (Å²) in [6.45, 7) is 1.86. The minimum absolute atomic E-state index is 0.196. The summed E-state index contributed by atoms with van der Waals surface area (Å²) in [5, 5.41) is 11.9. The van der Waals surface area contributed by atoms with Crippen LogP contribution in [0.15, 0.2) is 17.2 Å². The minimum atomic E-state index is -1.05. The third-order valence-corrected chi connectivity index (χ3v) is 4.31. The molecule has 0 bridgehead atoms. The standard InChI is InChI=1S/C9H12ClN3OS/c10-8-1-2-9(13-12-8)15(14)7-3-5-11-6-4-7/h1-2,7,11H,3-6H2. The number of nitrogens with zero attached hydrogens (tertiary/aromatic N) is 2. The second-order valence-corrected chi connectivity index (χ2v) is 5.51. The molecule has 1 fully saturated rings. The Hall–Kier alpha value is -0.520. The molecule has 1 aliphatic heterocycles. The van der Waals surface area contributed by atoms with Gasteiger partial charge in [0.15, 0.2) is 5.15 Å². The average molecular weight is 246 g/mol. The molecule has 1 N–H and O–H groups in total. The van der Waals surface area contributed by atoms with E-state index in [-0.39, 0.29) is 5.25 Å². The van der Waals surface area contributed by atoms with E-state index in [0.717, 1.165) is 25.9 Å². The van der Waals surface area contributed by atoms with E-state index in [2.05, 4.69) is 15.5 Å². The van der Waals surface area contributed by atoms with Gasteiger partial charge in [-0.2, -0.15) is 0 Å². The maximum absolute atomic E-state index is 12.0. The Morgan fingerprint density at radius 1 is 1.33 bits per heavy atom. The van der Waals surface area contributed by atoms with Gasteiger partial charge >= 0.3 is 0 Å². The van der Waals surface area contributed by atoms with Crippen molar-refractivity contribution in [3.8, 4) is 0 Å². The van der Waals surface area contributed by atoms with Gasteiger partial charge in [0.05, 0.1) is 10.8 Å². The topological polar surface area (TPSA) is 54.9 Å². The van der Waals surface area contributed by atoms with E-state index in [1.165, 1.54) is 0 Å². The van der Waals surface area contributed by atoms with Gasteiger partial charge in [-0.1, -0.05) is 11.6 Å². The van der Waals surface area contributed by atoms with E-state index < -0.39 is 10.8 Å². The van der Waals surface area contributed by atoms with Crippen molar-refractivity contribution >= 4 is 22.4 Å². The van der Waals surface area contributed by atoms with E-state index >= 15 is 0 Å². The molecule has 0 aliphatic carbocycles. The first-order valence-electron chi connectivity index (χ1n) is 4.88. The van der Waals surface area contributed by atoms with Crippen molar-refractivity contribution in [2.24, 2.45) is 0 Å². The molecule has 1 atom stereocenters.